The van der Waals surface area contributed by atoms with Crippen LogP contribution >= 0.6 is 0 Å². The fourth-order valence-electron chi connectivity index (χ4n) is 3.97. The lowest BCUT2D eigenvalue weighted by Gasteiger charge is -2.39. The maximum atomic E-state index is 5.66. The number of aliphatic imine (C=N–C) groups is 1. The molecule has 5 nitrogen and oxygen atoms in total. The number of benzene rings is 2. The van der Waals surface area contributed by atoms with Gasteiger partial charge in [0.15, 0.2) is 5.96 Å². The van der Waals surface area contributed by atoms with Crippen molar-refractivity contribution in [3.8, 4) is 5.75 Å². The van der Waals surface area contributed by atoms with Crippen molar-refractivity contribution in [3.63, 3.8) is 0 Å². The minimum Gasteiger partial charge on any atom is -0.496 e. The lowest BCUT2D eigenvalue weighted by molar-refractivity contribution is 0.0512. The first kappa shape index (κ1) is 20.2. The van der Waals surface area contributed by atoms with Crippen LogP contribution in [0.5, 0.6) is 5.75 Å². The highest BCUT2D eigenvalue weighted by Gasteiger charge is 2.35. The summed E-state index contributed by atoms with van der Waals surface area (Å²) in [5.41, 5.74) is 3.91. The first-order valence-electron chi connectivity index (χ1n) is 9.89. The second kappa shape index (κ2) is 9.60. The van der Waals surface area contributed by atoms with Crippen LogP contribution in [-0.2, 0) is 16.7 Å². The molecule has 0 bridgehead atoms. The molecule has 0 amide bonds. The lowest BCUT2D eigenvalue weighted by atomic mass is 9.72. The minimum atomic E-state index is 0.0612. The van der Waals surface area contributed by atoms with Gasteiger partial charge in [0.2, 0.25) is 0 Å². The fourth-order valence-corrected chi connectivity index (χ4v) is 3.97. The third kappa shape index (κ3) is 4.65. The molecule has 1 aliphatic rings. The molecule has 0 aromatic heterocycles. The normalized spacial score (nSPS) is 16.5. The molecule has 0 spiro atoms. The van der Waals surface area contributed by atoms with Crippen LogP contribution in [0, 0.1) is 6.92 Å². The molecule has 5 heteroatoms. The van der Waals surface area contributed by atoms with Gasteiger partial charge in [0.1, 0.15) is 5.75 Å². The van der Waals surface area contributed by atoms with Gasteiger partial charge in [-0.05, 0) is 37.0 Å². The number of guanidine groups is 1. The molecule has 2 aromatic carbocycles. The minimum absolute atomic E-state index is 0.0612. The summed E-state index contributed by atoms with van der Waals surface area (Å²) < 4.78 is 11.1. The Morgan fingerprint density at radius 3 is 2.50 bits per heavy atom. The molecule has 3 rings (SSSR count). The van der Waals surface area contributed by atoms with Gasteiger partial charge in [-0.2, -0.15) is 0 Å². The molecule has 28 heavy (non-hydrogen) atoms. The van der Waals surface area contributed by atoms with Crippen LogP contribution < -0.4 is 15.4 Å². The Balaban J connectivity index is 1.69. The van der Waals surface area contributed by atoms with Gasteiger partial charge in [0.25, 0.3) is 0 Å². The number of nitrogens with one attached hydrogen (secondary N) is 2. The summed E-state index contributed by atoms with van der Waals surface area (Å²) in [7, 11) is 3.50. The largest absolute Gasteiger partial charge is 0.496 e. The molecule has 1 saturated heterocycles. The van der Waals surface area contributed by atoms with Crippen molar-refractivity contribution in [1.29, 1.82) is 0 Å². The SMILES string of the molecule is CN=C(NCc1ccccc1OC)NCC1(c2ccccc2C)CCOCC1. The van der Waals surface area contributed by atoms with Gasteiger partial charge in [-0.15, -0.1) is 0 Å². The van der Waals surface area contributed by atoms with Crippen molar-refractivity contribution >= 4 is 5.96 Å². The van der Waals surface area contributed by atoms with E-state index in [9.17, 15) is 0 Å². The number of para-hydroxylation sites is 1. The Morgan fingerprint density at radius 2 is 1.79 bits per heavy atom. The summed E-state index contributed by atoms with van der Waals surface area (Å²) in [4.78, 5) is 4.41. The molecule has 2 N–H and O–H groups in total. The fraction of sp³-hybridized carbons (Fsp3) is 0.435. The molecule has 1 fully saturated rings. The van der Waals surface area contributed by atoms with Crippen LogP contribution in [0.1, 0.15) is 29.5 Å². The molecule has 1 heterocycles. The van der Waals surface area contributed by atoms with E-state index in [1.807, 2.05) is 25.2 Å². The van der Waals surface area contributed by atoms with Crippen molar-refractivity contribution in [1.82, 2.24) is 10.6 Å². The molecule has 1 aliphatic heterocycles. The number of aryl methyl sites for hydroxylation is 1. The lowest BCUT2D eigenvalue weighted by Crippen LogP contribution is -2.48. The summed E-state index contributed by atoms with van der Waals surface area (Å²) >= 11 is 0. The zero-order valence-electron chi connectivity index (χ0n) is 17.1. The molecular weight excluding hydrogens is 350 g/mol. The molecule has 0 atom stereocenters. The second-order valence-electron chi connectivity index (χ2n) is 7.30. The Hall–Kier alpha value is -2.53. The van der Waals surface area contributed by atoms with Crippen LogP contribution in [0.3, 0.4) is 0 Å². The number of hydrogen-bond donors (Lipinski definition) is 2. The second-order valence-corrected chi connectivity index (χ2v) is 7.30. The molecule has 0 saturated carbocycles. The Morgan fingerprint density at radius 1 is 1.07 bits per heavy atom. The standard InChI is InChI=1S/C23H31N3O2/c1-18-8-4-6-10-20(18)23(12-14-28-15-13-23)17-26-22(24-2)25-16-19-9-5-7-11-21(19)27-3/h4-11H,12-17H2,1-3H3,(H2,24,25,26). The van der Waals surface area contributed by atoms with E-state index in [0.717, 1.165) is 49.9 Å². The average Bonchev–Trinajstić information content (AvgIpc) is 2.75. The van der Waals surface area contributed by atoms with Gasteiger partial charge in [0.05, 0.1) is 7.11 Å². The predicted molar refractivity (Wildman–Crippen MR) is 114 cm³/mol. The number of rotatable bonds is 6. The van der Waals surface area contributed by atoms with E-state index in [1.54, 1.807) is 7.11 Å². The zero-order chi connectivity index (χ0) is 19.8. The summed E-state index contributed by atoms with van der Waals surface area (Å²) in [5, 5.41) is 6.97. The van der Waals surface area contributed by atoms with Crippen LogP contribution in [0.25, 0.3) is 0 Å². The van der Waals surface area contributed by atoms with Crippen LogP contribution in [0.15, 0.2) is 53.5 Å². The van der Waals surface area contributed by atoms with Crippen LogP contribution in [-0.4, -0.2) is 39.9 Å². The third-order valence-electron chi connectivity index (χ3n) is 5.62. The van der Waals surface area contributed by atoms with Gasteiger partial charge in [-0.1, -0.05) is 42.5 Å². The Kier molecular flexibility index (Phi) is 6.93. The van der Waals surface area contributed by atoms with Gasteiger partial charge in [-0.3, -0.25) is 4.99 Å². The monoisotopic (exact) mass is 381 g/mol. The maximum Gasteiger partial charge on any atom is 0.191 e. The quantitative estimate of drug-likeness (QED) is 0.595. The first-order chi connectivity index (χ1) is 13.7. The van der Waals surface area contributed by atoms with Crippen molar-refractivity contribution in [2.45, 2.75) is 31.7 Å². The molecule has 0 aliphatic carbocycles. The van der Waals surface area contributed by atoms with Gasteiger partial charge < -0.3 is 20.1 Å². The van der Waals surface area contributed by atoms with Crippen LogP contribution in [0.4, 0.5) is 0 Å². The van der Waals surface area contributed by atoms with Crippen molar-refractivity contribution in [2.24, 2.45) is 4.99 Å². The van der Waals surface area contributed by atoms with Crippen molar-refractivity contribution in [3.05, 3.63) is 65.2 Å². The Labute approximate surface area is 168 Å². The number of hydrogen-bond acceptors (Lipinski definition) is 3. The third-order valence-corrected chi connectivity index (χ3v) is 5.62. The topological polar surface area (TPSA) is 54.9 Å². The van der Waals surface area contributed by atoms with E-state index < -0.39 is 0 Å². The summed E-state index contributed by atoms with van der Waals surface area (Å²) in [6.45, 7) is 5.27. The summed E-state index contributed by atoms with van der Waals surface area (Å²) in [5.74, 6) is 1.68. The predicted octanol–water partition coefficient (Wildman–Crippen LogP) is 3.42. The van der Waals surface area contributed by atoms with Crippen LogP contribution in [0.2, 0.25) is 0 Å². The van der Waals surface area contributed by atoms with E-state index in [2.05, 4.69) is 52.9 Å². The van der Waals surface area contributed by atoms with Gasteiger partial charge in [-0.25, -0.2) is 0 Å². The molecule has 2 aromatic rings. The highest BCUT2D eigenvalue weighted by atomic mass is 16.5. The van der Waals surface area contributed by atoms with E-state index in [-0.39, 0.29) is 5.41 Å². The molecule has 150 valence electrons. The van der Waals surface area contributed by atoms with Crippen molar-refractivity contribution < 1.29 is 9.47 Å². The van der Waals surface area contributed by atoms with Gasteiger partial charge in [0, 0.05) is 44.3 Å². The first-order valence-corrected chi connectivity index (χ1v) is 9.89. The smallest absolute Gasteiger partial charge is 0.191 e. The van der Waals surface area contributed by atoms with E-state index in [0.29, 0.717) is 6.54 Å². The van der Waals surface area contributed by atoms with Gasteiger partial charge >= 0.3 is 0 Å². The molecule has 0 unspecified atom stereocenters. The average molecular weight is 382 g/mol. The van der Waals surface area contributed by atoms with E-state index in [1.165, 1.54) is 11.1 Å². The number of methoxy groups -OCH3 is 1. The molecule has 0 radical (unpaired) electrons. The van der Waals surface area contributed by atoms with E-state index in [4.69, 9.17) is 9.47 Å². The van der Waals surface area contributed by atoms with E-state index >= 15 is 0 Å². The Bertz CT molecular complexity index is 798. The maximum absolute atomic E-state index is 5.66. The van der Waals surface area contributed by atoms with Crippen molar-refractivity contribution in [2.75, 3.05) is 33.9 Å². The highest BCUT2D eigenvalue weighted by molar-refractivity contribution is 5.79. The summed E-state index contributed by atoms with van der Waals surface area (Å²) in [6.07, 6.45) is 2.02. The zero-order valence-corrected chi connectivity index (χ0v) is 17.1. The summed E-state index contributed by atoms with van der Waals surface area (Å²) in [6, 6.07) is 16.7. The number of ether oxygens (including phenoxy) is 2. The number of nitrogens with zero attached hydrogens (tertiary/aromatic N) is 1. The molecular formula is C23H31N3O2. The highest BCUT2D eigenvalue weighted by Crippen LogP contribution is 2.36.